The molecule has 1 N–H and O–H groups in total. The Bertz CT molecular complexity index is 869. The number of hydrogen-bond acceptors (Lipinski definition) is 4. The fraction of sp³-hybridized carbons (Fsp3) is 0.286. The van der Waals surface area contributed by atoms with Gasteiger partial charge in [0.25, 0.3) is 0 Å². The third-order valence-electron chi connectivity index (χ3n) is 4.78. The lowest BCUT2D eigenvalue weighted by molar-refractivity contribution is -0.122. The van der Waals surface area contributed by atoms with Crippen LogP contribution in [-0.4, -0.2) is 31.4 Å². The van der Waals surface area contributed by atoms with Gasteiger partial charge >= 0.3 is 5.97 Å². The number of nitrogens with zero attached hydrogens (tertiary/aromatic N) is 1. The van der Waals surface area contributed by atoms with Crippen LogP contribution in [0, 0.1) is 19.8 Å². The molecule has 0 radical (unpaired) electrons. The standard InChI is InChI=1S/C21H22N2O4/c1-13-5-4-6-14(2)19(13)23-12-16(11-18(23)24)20(25)22-17-9-7-15(8-10-17)21(26)27-3/h4-10,16H,11-12H2,1-3H3,(H,22,25)/t16-/m1/s1. The number of ether oxygens (including phenoxy) is 1. The van der Waals surface area contributed by atoms with Gasteiger partial charge in [0.1, 0.15) is 0 Å². The fourth-order valence-corrected chi connectivity index (χ4v) is 3.38. The van der Waals surface area contributed by atoms with Gasteiger partial charge in [-0.3, -0.25) is 9.59 Å². The molecule has 1 saturated heterocycles. The number of carbonyl (C=O) groups excluding carboxylic acids is 3. The van der Waals surface area contributed by atoms with E-state index in [-0.39, 0.29) is 18.2 Å². The molecule has 2 aromatic carbocycles. The molecule has 1 fully saturated rings. The molecule has 0 aromatic heterocycles. The summed E-state index contributed by atoms with van der Waals surface area (Å²) in [5, 5.41) is 2.82. The SMILES string of the molecule is COC(=O)c1ccc(NC(=O)[C@@H]2CC(=O)N(c3c(C)cccc3C)C2)cc1. The second-order valence-electron chi connectivity index (χ2n) is 6.70. The van der Waals surface area contributed by atoms with E-state index in [1.807, 2.05) is 32.0 Å². The largest absolute Gasteiger partial charge is 0.465 e. The molecule has 0 bridgehead atoms. The van der Waals surface area contributed by atoms with Crippen LogP contribution in [-0.2, 0) is 14.3 Å². The average molecular weight is 366 g/mol. The van der Waals surface area contributed by atoms with Crippen LogP contribution in [0.2, 0.25) is 0 Å². The highest BCUT2D eigenvalue weighted by molar-refractivity contribution is 6.04. The van der Waals surface area contributed by atoms with Crippen molar-refractivity contribution in [1.29, 1.82) is 0 Å². The van der Waals surface area contributed by atoms with Gasteiger partial charge in [-0.25, -0.2) is 4.79 Å². The van der Waals surface area contributed by atoms with Gasteiger partial charge in [-0.1, -0.05) is 18.2 Å². The predicted molar refractivity (Wildman–Crippen MR) is 103 cm³/mol. The third kappa shape index (κ3) is 3.84. The molecule has 0 unspecified atom stereocenters. The van der Waals surface area contributed by atoms with Crippen molar-refractivity contribution in [3.8, 4) is 0 Å². The molecule has 1 atom stereocenters. The molecule has 1 aliphatic rings. The monoisotopic (exact) mass is 366 g/mol. The van der Waals surface area contributed by atoms with Crippen LogP contribution in [0.15, 0.2) is 42.5 Å². The highest BCUT2D eigenvalue weighted by atomic mass is 16.5. The number of esters is 1. The minimum Gasteiger partial charge on any atom is -0.465 e. The van der Waals surface area contributed by atoms with Crippen molar-refractivity contribution >= 4 is 29.2 Å². The molecule has 6 heteroatoms. The molecule has 1 aliphatic heterocycles. The van der Waals surface area contributed by atoms with Crippen molar-refractivity contribution in [3.05, 3.63) is 59.2 Å². The average Bonchev–Trinajstić information content (AvgIpc) is 3.03. The summed E-state index contributed by atoms with van der Waals surface area (Å²) in [6.45, 7) is 4.29. The molecule has 1 heterocycles. The number of para-hydroxylation sites is 1. The Hall–Kier alpha value is -3.15. The Morgan fingerprint density at radius 2 is 1.70 bits per heavy atom. The molecule has 3 rings (SSSR count). The van der Waals surface area contributed by atoms with Crippen LogP contribution in [0.1, 0.15) is 27.9 Å². The van der Waals surface area contributed by atoms with Crippen molar-refractivity contribution in [3.63, 3.8) is 0 Å². The van der Waals surface area contributed by atoms with Gasteiger partial charge in [0.2, 0.25) is 11.8 Å². The van der Waals surface area contributed by atoms with Crippen molar-refractivity contribution in [2.24, 2.45) is 5.92 Å². The van der Waals surface area contributed by atoms with Crippen LogP contribution in [0.25, 0.3) is 0 Å². The number of methoxy groups -OCH3 is 1. The quantitative estimate of drug-likeness (QED) is 0.844. The van der Waals surface area contributed by atoms with E-state index < -0.39 is 11.9 Å². The van der Waals surface area contributed by atoms with E-state index in [9.17, 15) is 14.4 Å². The summed E-state index contributed by atoms with van der Waals surface area (Å²) in [5.74, 6) is -1.10. The Balaban J connectivity index is 1.70. The van der Waals surface area contributed by atoms with Crippen molar-refractivity contribution in [2.45, 2.75) is 20.3 Å². The molecular formula is C21H22N2O4. The van der Waals surface area contributed by atoms with E-state index in [4.69, 9.17) is 0 Å². The summed E-state index contributed by atoms with van der Waals surface area (Å²) >= 11 is 0. The molecule has 0 aliphatic carbocycles. The number of hydrogen-bond donors (Lipinski definition) is 1. The van der Waals surface area contributed by atoms with Crippen molar-refractivity contribution in [2.75, 3.05) is 23.9 Å². The van der Waals surface area contributed by atoms with Gasteiger partial charge in [-0.2, -0.15) is 0 Å². The van der Waals surface area contributed by atoms with Gasteiger partial charge in [0.05, 0.1) is 18.6 Å². The summed E-state index contributed by atoms with van der Waals surface area (Å²) in [6, 6.07) is 12.3. The van der Waals surface area contributed by atoms with E-state index in [2.05, 4.69) is 10.1 Å². The first-order valence-corrected chi connectivity index (χ1v) is 8.76. The van der Waals surface area contributed by atoms with E-state index in [0.29, 0.717) is 17.8 Å². The topological polar surface area (TPSA) is 75.7 Å². The zero-order chi connectivity index (χ0) is 19.6. The molecule has 0 spiro atoms. The molecule has 2 amide bonds. The normalized spacial score (nSPS) is 16.3. The highest BCUT2D eigenvalue weighted by Gasteiger charge is 2.36. The lowest BCUT2D eigenvalue weighted by Gasteiger charge is -2.21. The molecule has 6 nitrogen and oxygen atoms in total. The second kappa shape index (κ2) is 7.61. The number of rotatable bonds is 4. The summed E-state index contributed by atoms with van der Waals surface area (Å²) in [5.41, 5.74) is 3.91. The van der Waals surface area contributed by atoms with E-state index in [0.717, 1.165) is 16.8 Å². The summed E-state index contributed by atoms with van der Waals surface area (Å²) in [7, 11) is 1.32. The van der Waals surface area contributed by atoms with Crippen LogP contribution < -0.4 is 10.2 Å². The number of nitrogens with one attached hydrogen (secondary N) is 1. The minimum absolute atomic E-state index is 0.0476. The zero-order valence-electron chi connectivity index (χ0n) is 15.6. The number of aryl methyl sites for hydroxylation is 2. The summed E-state index contributed by atoms with van der Waals surface area (Å²) in [6.07, 6.45) is 0.180. The Morgan fingerprint density at radius 3 is 2.30 bits per heavy atom. The molecule has 2 aromatic rings. The lowest BCUT2D eigenvalue weighted by atomic mass is 10.1. The lowest BCUT2D eigenvalue weighted by Crippen LogP contribution is -2.29. The molecule has 140 valence electrons. The molecule has 0 saturated carbocycles. The van der Waals surface area contributed by atoms with Crippen LogP contribution in [0.5, 0.6) is 0 Å². The van der Waals surface area contributed by atoms with Gasteiger partial charge < -0.3 is 15.0 Å². The number of carbonyl (C=O) groups is 3. The van der Waals surface area contributed by atoms with Gasteiger partial charge in [-0.05, 0) is 49.2 Å². The van der Waals surface area contributed by atoms with Gasteiger partial charge in [0, 0.05) is 24.3 Å². The highest BCUT2D eigenvalue weighted by Crippen LogP contribution is 2.31. The first-order valence-electron chi connectivity index (χ1n) is 8.76. The minimum atomic E-state index is -0.432. The van der Waals surface area contributed by atoms with Gasteiger partial charge in [-0.15, -0.1) is 0 Å². The first-order chi connectivity index (χ1) is 12.9. The van der Waals surface area contributed by atoms with Crippen LogP contribution >= 0.6 is 0 Å². The smallest absolute Gasteiger partial charge is 0.337 e. The summed E-state index contributed by atoms with van der Waals surface area (Å²) in [4.78, 5) is 38.3. The van der Waals surface area contributed by atoms with Crippen LogP contribution in [0.3, 0.4) is 0 Å². The Kier molecular flexibility index (Phi) is 5.26. The molecular weight excluding hydrogens is 344 g/mol. The maximum atomic E-state index is 12.6. The number of amides is 2. The predicted octanol–water partition coefficient (Wildman–Crippen LogP) is 3.08. The van der Waals surface area contributed by atoms with E-state index in [1.54, 1.807) is 29.2 Å². The van der Waals surface area contributed by atoms with Crippen LogP contribution in [0.4, 0.5) is 11.4 Å². The van der Waals surface area contributed by atoms with Crippen molar-refractivity contribution in [1.82, 2.24) is 0 Å². The first kappa shape index (κ1) is 18.6. The van der Waals surface area contributed by atoms with Gasteiger partial charge in [0.15, 0.2) is 0 Å². The Morgan fingerprint density at radius 1 is 1.07 bits per heavy atom. The second-order valence-corrected chi connectivity index (χ2v) is 6.70. The number of benzene rings is 2. The third-order valence-corrected chi connectivity index (χ3v) is 4.78. The maximum absolute atomic E-state index is 12.6. The Labute approximate surface area is 158 Å². The maximum Gasteiger partial charge on any atom is 0.337 e. The number of anilines is 2. The van der Waals surface area contributed by atoms with E-state index >= 15 is 0 Å². The van der Waals surface area contributed by atoms with Crippen molar-refractivity contribution < 1.29 is 19.1 Å². The van der Waals surface area contributed by atoms with E-state index in [1.165, 1.54) is 7.11 Å². The summed E-state index contributed by atoms with van der Waals surface area (Å²) < 4.78 is 4.65. The molecule has 27 heavy (non-hydrogen) atoms. The zero-order valence-corrected chi connectivity index (χ0v) is 15.6. The fourth-order valence-electron chi connectivity index (χ4n) is 3.38.